The van der Waals surface area contributed by atoms with Gasteiger partial charge in [-0.2, -0.15) is 5.10 Å². The number of aromatic nitrogens is 2. The van der Waals surface area contributed by atoms with Crippen molar-refractivity contribution in [3.63, 3.8) is 0 Å². The van der Waals surface area contributed by atoms with Crippen LogP contribution in [0.15, 0.2) is 66.9 Å². The number of anilines is 1. The fraction of sp³-hybridized carbons (Fsp3) is 0.261. The molecule has 1 atom stereocenters. The van der Waals surface area contributed by atoms with Gasteiger partial charge in [0.05, 0.1) is 22.4 Å². The summed E-state index contributed by atoms with van der Waals surface area (Å²) < 4.78 is 1.82. The number of thioether (sulfide) groups is 1. The van der Waals surface area contributed by atoms with E-state index in [1.165, 1.54) is 11.8 Å². The first-order valence-corrected chi connectivity index (χ1v) is 10.9. The van der Waals surface area contributed by atoms with Crippen molar-refractivity contribution >= 4 is 29.3 Å². The van der Waals surface area contributed by atoms with Crippen molar-refractivity contribution in [2.24, 2.45) is 0 Å². The Bertz CT molecular complexity index is 970. The molecule has 1 unspecified atom stereocenters. The van der Waals surface area contributed by atoms with E-state index in [0.29, 0.717) is 13.0 Å². The Morgan fingerprint density at radius 1 is 1.07 bits per heavy atom. The van der Waals surface area contributed by atoms with Crippen LogP contribution in [-0.4, -0.2) is 39.1 Å². The zero-order valence-corrected chi connectivity index (χ0v) is 18.0. The second-order valence-electron chi connectivity index (χ2n) is 7.00. The lowest BCUT2D eigenvalue weighted by atomic mass is 10.2. The molecule has 0 saturated heterocycles. The Labute approximate surface area is 181 Å². The van der Waals surface area contributed by atoms with E-state index in [9.17, 15) is 9.59 Å². The van der Waals surface area contributed by atoms with E-state index in [4.69, 9.17) is 0 Å². The zero-order valence-electron chi connectivity index (χ0n) is 17.2. The Morgan fingerprint density at radius 2 is 1.80 bits per heavy atom. The maximum Gasteiger partial charge on any atom is 0.234 e. The van der Waals surface area contributed by atoms with Crippen LogP contribution in [0.2, 0.25) is 0 Å². The van der Waals surface area contributed by atoms with E-state index in [0.717, 1.165) is 22.6 Å². The molecule has 2 amide bonds. The minimum Gasteiger partial charge on any atom is -0.355 e. The maximum atomic E-state index is 12.3. The highest BCUT2D eigenvalue weighted by Gasteiger charge is 2.15. The summed E-state index contributed by atoms with van der Waals surface area (Å²) in [6, 6.07) is 19.5. The van der Waals surface area contributed by atoms with E-state index in [1.54, 1.807) is 0 Å². The SMILES string of the molecule is Cc1ccc(NC(=O)CSC(C)C(=O)NCCc2ccn(-c3ccccc3)n2)cc1. The molecule has 2 aromatic carbocycles. The molecule has 0 saturated carbocycles. The van der Waals surface area contributed by atoms with Crippen molar-refractivity contribution in [3.05, 3.63) is 78.1 Å². The molecule has 0 aliphatic heterocycles. The number of hydrogen-bond acceptors (Lipinski definition) is 4. The summed E-state index contributed by atoms with van der Waals surface area (Å²) in [7, 11) is 0. The number of rotatable bonds is 9. The van der Waals surface area contributed by atoms with Gasteiger partial charge in [0, 0.05) is 24.8 Å². The smallest absolute Gasteiger partial charge is 0.234 e. The van der Waals surface area contributed by atoms with Crippen molar-refractivity contribution in [1.29, 1.82) is 0 Å². The van der Waals surface area contributed by atoms with Crippen molar-refractivity contribution in [3.8, 4) is 5.69 Å². The molecule has 0 fully saturated rings. The van der Waals surface area contributed by atoms with Gasteiger partial charge in [0.15, 0.2) is 0 Å². The van der Waals surface area contributed by atoms with Gasteiger partial charge in [-0.25, -0.2) is 4.68 Å². The third kappa shape index (κ3) is 6.49. The van der Waals surface area contributed by atoms with Crippen LogP contribution in [0.25, 0.3) is 5.69 Å². The van der Waals surface area contributed by atoms with Crippen molar-refractivity contribution < 1.29 is 9.59 Å². The summed E-state index contributed by atoms with van der Waals surface area (Å²) in [5, 5.41) is 9.99. The Kier molecular flexibility index (Phi) is 7.68. The second kappa shape index (κ2) is 10.6. The van der Waals surface area contributed by atoms with Crippen LogP contribution in [0.5, 0.6) is 0 Å². The van der Waals surface area contributed by atoms with Gasteiger partial charge in [0.2, 0.25) is 11.8 Å². The van der Waals surface area contributed by atoms with Crippen LogP contribution in [0.1, 0.15) is 18.2 Å². The molecular formula is C23H26N4O2S. The average Bonchev–Trinajstić information content (AvgIpc) is 3.23. The van der Waals surface area contributed by atoms with Gasteiger partial charge in [-0.15, -0.1) is 11.8 Å². The molecular weight excluding hydrogens is 396 g/mol. The third-order valence-corrected chi connectivity index (χ3v) is 5.66. The molecule has 3 aromatic rings. The predicted octanol–water partition coefficient (Wildman–Crippen LogP) is 3.60. The largest absolute Gasteiger partial charge is 0.355 e. The molecule has 6 nitrogen and oxygen atoms in total. The highest BCUT2D eigenvalue weighted by molar-refractivity contribution is 8.01. The predicted molar refractivity (Wildman–Crippen MR) is 122 cm³/mol. The summed E-state index contributed by atoms with van der Waals surface area (Å²) in [6.07, 6.45) is 2.56. The van der Waals surface area contributed by atoms with Gasteiger partial charge < -0.3 is 10.6 Å². The van der Waals surface area contributed by atoms with Crippen LogP contribution < -0.4 is 10.6 Å². The maximum absolute atomic E-state index is 12.3. The average molecular weight is 423 g/mol. The normalized spacial score (nSPS) is 11.7. The summed E-state index contributed by atoms with van der Waals surface area (Å²) in [4.78, 5) is 24.3. The highest BCUT2D eigenvalue weighted by Crippen LogP contribution is 2.13. The minimum atomic E-state index is -0.310. The van der Waals surface area contributed by atoms with Crippen LogP contribution in [0, 0.1) is 6.92 Å². The van der Waals surface area contributed by atoms with Gasteiger partial charge >= 0.3 is 0 Å². The molecule has 3 rings (SSSR count). The molecule has 30 heavy (non-hydrogen) atoms. The first kappa shape index (κ1) is 21.6. The van der Waals surface area contributed by atoms with Crippen LogP contribution in [0.3, 0.4) is 0 Å². The van der Waals surface area contributed by atoms with E-state index in [-0.39, 0.29) is 22.8 Å². The molecule has 0 aliphatic rings. The number of amides is 2. The Balaban J connectivity index is 1.37. The Morgan fingerprint density at radius 3 is 2.53 bits per heavy atom. The number of nitrogens with zero attached hydrogens (tertiary/aromatic N) is 2. The van der Waals surface area contributed by atoms with Crippen LogP contribution in [-0.2, 0) is 16.0 Å². The fourth-order valence-corrected chi connectivity index (χ4v) is 3.50. The number of nitrogens with one attached hydrogen (secondary N) is 2. The quantitative estimate of drug-likeness (QED) is 0.552. The number of carbonyl (C=O) groups excluding carboxylic acids is 2. The Hall–Kier alpha value is -3.06. The third-order valence-electron chi connectivity index (χ3n) is 4.51. The summed E-state index contributed by atoms with van der Waals surface area (Å²) >= 11 is 1.32. The molecule has 1 heterocycles. The van der Waals surface area contributed by atoms with Gasteiger partial charge in [-0.1, -0.05) is 35.9 Å². The zero-order chi connectivity index (χ0) is 21.3. The van der Waals surface area contributed by atoms with Crippen molar-refractivity contribution in [1.82, 2.24) is 15.1 Å². The number of aryl methyl sites for hydroxylation is 1. The van der Waals surface area contributed by atoms with Gasteiger partial charge in [0.25, 0.3) is 0 Å². The first-order chi connectivity index (χ1) is 14.5. The van der Waals surface area contributed by atoms with Gasteiger partial charge in [-0.3, -0.25) is 9.59 Å². The number of benzene rings is 2. The minimum absolute atomic E-state index is 0.0781. The van der Waals surface area contributed by atoms with E-state index in [2.05, 4.69) is 15.7 Å². The van der Waals surface area contributed by atoms with E-state index < -0.39 is 0 Å². The molecule has 2 N–H and O–H groups in total. The summed E-state index contributed by atoms with van der Waals surface area (Å²) in [5.74, 6) is 0.0322. The van der Waals surface area contributed by atoms with Crippen LogP contribution in [0.4, 0.5) is 5.69 Å². The van der Waals surface area contributed by atoms with Crippen molar-refractivity contribution in [2.45, 2.75) is 25.5 Å². The summed E-state index contributed by atoms with van der Waals surface area (Å²) in [6.45, 7) is 4.31. The molecule has 156 valence electrons. The van der Waals surface area contributed by atoms with Crippen molar-refractivity contribution in [2.75, 3.05) is 17.6 Å². The fourth-order valence-electron chi connectivity index (χ4n) is 2.79. The molecule has 0 bridgehead atoms. The van der Waals surface area contributed by atoms with E-state index in [1.807, 2.05) is 85.4 Å². The van der Waals surface area contributed by atoms with E-state index >= 15 is 0 Å². The summed E-state index contributed by atoms with van der Waals surface area (Å²) in [5.41, 5.74) is 3.82. The molecule has 0 radical (unpaired) electrons. The molecule has 1 aromatic heterocycles. The van der Waals surface area contributed by atoms with Gasteiger partial charge in [0.1, 0.15) is 0 Å². The van der Waals surface area contributed by atoms with Gasteiger partial charge in [-0.05, 0) is 44.2 Å². The molecule has 0 spiro atoms. The highest BCUT2D eigenvalue weighted by atomic mass is 32.2. The monoisotopic (exact) mass is 422 g/mol. The molecule has 0 aliphatic carbocycles. The number of para-hydroxylation sites is 1. The molecule has 7 heteroatoms. The number of carbonyl (C=O) groups is 2. The standard InChI is InChI=1S/C23H26N4O2S/c1-17-8-10-19(11-9-17)25-22(28)16-30-18(2)23(29)24-14-12-20-13-15-27(26-20)21-6-4-3-5-7-21/h3-11,13,15,18H,12,14,16H2,1-2H3,(H,24,29)(H,25,28). The second-order valence-corrected chi connectivity index (χ2v) is 8.32. The lowest BCUT2D eigenvalue weighted by Gasteiger charge is -2.12. The number of hydrogen-bond donors (Lipinski definition) is 2. The first-order valence-electron chi connectivity index (χ1n) is 9.87. The lowest BCUT2D eigenvalue weighted by molar-refractivity contribution is -0.120. The lowest BCUT2D eigenvalue weighted by Crippen LogP contribution is -2.33. The van der Waals surface area contributed by atoms with Crippen LogP contribution >= 0.6 is 11.8 Å². The topological polar surface area (TPSA) is 76.0 Å².